The largest absolute Gasteiger partial charge is 0.507 e. The lowest BCUT2D eigenvalue weighted by molar-refractivity contribution is 0.170. The zero-order valence-electron chi connectivity index (χ0n) is 18.9. The summed E-state index contributed by atoms with van der Waals surface area (Å²) in [5, 5.41) is 26.6. The molecular weight excluding hydrogens is 386 g/mol. The molecule has 1 saturated heterocycles. The molecule has 2 aromatic heterocycles. The standard InChI is InChI=1S/C25H31N5O/c1-16-12-18(10-11-26-16)17-6-7-20(22(31)13-17)21-8-9-23(29-28-21)27-19-14-24(2,3)30-25(4,5)15-19/h6-13,19,30-31H,14-15H2,1-5H3,(H,27,29). The third kappa shape index (κ3) is 5.02. The molecule has 3 N–H and O–H groups in total. The fourth-order valence-electron chi connectivity index (χ4n) is 4.84. The summed E-state index contributed by atoms with van der Waals surface area (Å²) in [6.07, 6.45) is 3.80. The van der Waals surface area contributed by atoms with Crippen molar-refractivity contribution in [3.8, 4) is 28.1 Å². The molecule has 0 bridgehead atoms. The van der Waals surface area contributed by atoms with Crippen LogP contribution in [0.3, 0.4) is 0 Å². The molecule has 0 saturated carbocycles. The smallest absolute Gasteiger partial charge is 0.148 e. The molecular formula is C25H31N5O. The Bertz CT molecular complexity index is 1060. The molecule has 0 amide bonds. The first-order chi connectivity index (χ1) is 14.6. The van der Waals surface area contributed by atoms with E-state index in [4.69, 9.17) is 0 Å². The molecule has 4 rings (SSSR count). The number of aromatic nitrogens is 3. The van der Waals surface area contributed by atoms with Crippen molar-refractivity contribution in [3.05, 3.63) is 54.4 Å². The van der Waals surface area contributed by atoms with Gasteiger partial charge in [-0.15, -0.1) is 10.2 Å². The van der Waals surface area contributed by atoms with Crippen molar-refractivity contribution in [1.29, 1.82) is 0 Å². The number of rotatable bonds is 4. The maximum Gasteiger partial charge on any atom is 0.148 e. The fourth-order valence-corrected chi connectivity index (χ4v) is 4.84. The van der Waals surface area contributed by atoms with E-state index in [1.807, 2.05) is 43.3 Å². The van der Waals surface area contributed by atoms with Gasteiger partial charge in [-0.05, 0) is 95.0 Å². The number of piperidine rings is 1. The maximum absolute atomic E-state index is 10.6. The zero-order chi connectivity index (χ0) is 22.2. The molecule has 6 heteroatoms. The Hall–Kier alpha value is -2.99. The predicted octanol–water partition coefficient (Wildman–Crippen LogP) is 4.94. The monoisotopic (exact) mass is 417 g/mol. The minimum Gasteiger partial charge on any atom is -0.507 e. The van der Waals surface area contributed by atoms with Gasteiger partial charge in [0.1, 0.15) is 11.6 Å². The van der Waals surface area contributed by atoms with Crippen LogP contribution in [0.25, 0.3) is 22.4 Å². The maximum atomic E-state index is 10.6. The summed E-state index contributed by atoms with van der Waals surface area (Å²) in [6, 6.07) is 13.7. The van der Waals surface area contributed by atoms with Crippen LogP contribution in [0.5, 0.6) is 5.75 Å². The highest BCUT2D eigenvalue weighted by molar-refractivity contribution is 5.74. The minimum absolute atomic E-state index is 0.0632. The van der Waals surface area contributed by atoms with E-state index in [0.717, 1.165) is 35.5 Å². The lowest BCUT2D eigenvalue weighted by Crippen LogP contribution is -2.60. The zero-order valence-corrected chi connectivity index (χ0v) is 18.9. The summed E-state index contributed by atoms with van der Waals surface area (Å²) in [6.45, 7) is 10.9. The van der Waals surface area contributed by atoms with Crippen LogP contribution in [-0.2, 0) is 0 Å². The van der Waals surface area contributed by atoms with Crippen molar-refractivity contribution in [3.63, 3.8) is 0 Å². The van der Waals surface area contributed by atoms with Gasteiger partial charge in [0.25, 0.3) is 0 Å². The number of hydrogen-bond acceptors (Lipinski definition) is 6. The van der Waals surface area contributed by atoms with Gasteiger partial charge in [-0.1, -0.05) is 6.07 Å². The number of phenolic OH excluding ortho intramolecular Hbond substituents is 1. The van der Waals surface area contributed by atoms with Crippen LogP contribution < -0.4 is 10.6 Å². The third-order valence-corrected chi connectivity index (χ3v) is 5.71. The second-order valence-corrected chi connectivity index (χ2v) is 9.86. The van der Waals surface area contributed by atoms with E-state index in [-0.39, 0.29) is 16.8 Å². The fraction of sp³-hybridized carbons (Fsp3) is 0.400. The molecule has 0 unspecified atom stereocenters. The number of hydrogen-bond donors (Lipinski definition) is 3. The van der Waals surface area contributed by atoms with E-state index < -0.39 is 0 Å². The van der Waals surface area contributed by atoms with Gasteiger partial charge in [0, 0.05) is 34.6 Å². The summed E-state index contributed by atoms with van der Waals surface area (Å²) < 4.78 is 0. The van der Waals surface area contributed by atoms with E-state index in [1.54, 1.807) is 12.3 Å². The van der Waals surface area contributed by atoms with E-state index in [9.17, 15) is 5.11 Å². The lowest BCUT2D eigenvalue weighted by Gasteiger charge is -2.46. The van der Waals surface area contributed by atoms with Crippen molar-refractivity contribution < 1.29 is 5.11 Å². The molecule has 1 aliphatic rings. The molecule has 0 radical (unpaired) electrons. The van der Waals surface area contributed by atoms with Crippen LogP contribution in [0.4, 0.5) is 5.82 Å². The molecule has 1 aliphatic heterocycles. The average Bonchev–Trinajstić information content (AvgIpc) is 2.66. The summed E-state index contributed by atoms with van der Waals surface area (Å²) >= 11 is 0. The van der Waals surface area contributed by atoms with Gasteiger partial charge < -0.3 is 15.7 Å². The van der Waals surface area contributed by atoms with E-state index in [0.29, 0.717) is 17.3 Å². The Morgan fingerprint density at radius 2 is 1.65 bits per heavy atom. The van der Waals surface area contributed by atoms with Crippen LogP contribution in [0, 0.1) is 6.92 Å². The van der Waals surface area contributed by atoms with Crippen LogP contribution in [0.15, 0.2) is 48.7 Å². The molecule has 0 aliphatic carbocycles. The second kappa shape index (κ2) is 7.93. The molecule has 162 valence electrons. The van der Waals surface area contributed by atoms with Gasteiger partial charge in [0.15, 0.2) is 0 Å². The molecule has 3 heterocycles. The number of benzene rings is 1. The van der Waals surface area contributed by atoms with Crippen molar-refractivity contribution in [2.75, 3.05) is 5.32 Å². The van der Waals surface area contributed by atoms with E-state index in [2.05, 4.69) is 53.5 Å². The van der Waals surface area contributed by atoms with Gasteiger partial charge >= 0.3 is 0 Å². The van der Waals surface area contributed by atoms with E-state index >= 15 is 0 Å². The topological polar surface area (TPSA) is 83.0 Å². The predicted molar refractivity (Wildman–Crippen MR) is 125 cm³/mol. The number of nitrogens with one attached hydrogen (secondary N) is 2. The van der Waals surface area contributed by atoms with Crippen LogP contribution in [-0.4, -0.2) is 37.4 Å². The summed E-state index contributed by atoms with van der Waals surface area (Å²) in [4.78, 5) is 4.23. The molecule has 31 heavy (non-hydrogen) atoms. The van der Waals surface area contributed by atoms with Crippen LogP contribution in [0.2, 0.25) is 0 Å². The molecule has 0 spiro atoms. The molecule has 0 atom stereocenters. The Morgan fingerprint density at radius 3 is 2.26 bits per heavy atom. The highest BCUT2D eigenvalue weighted by atomic mass is 16.3. The van der Waals surface area contributed by atoms with E-state index in [1.165, 1.54) is 0 Å². The van der Waals surface area contributed by atoms with Crippen LogP contribution >= 0.6 is 0 Å². The number of anilines is 1. The summed E-state index contributed by atoms with van der Waals surface area (Å²) in [7, 11) is 0. The Kier molecular flexibility index (Phi) is 5.43. The Balaban J connectivity index is 1.51. The number of aryl methyl sites for hydroxylation is 1. The van der Waals surface area contributed by atoms with Gasteiger partial charge in [-0.3, -0.25) is 4.98 Å². The Morgan fingerprint density at radius 1 is 0.935 bits per heavy atom. The molecule has 6 nitrogen and oxygen atoms in total. The van der Waals surface area contributed by atoms with Crippen molar-refractivity contribution in [2.24, 2.45) is 0 Å². The highest BCUT2D eigenvalue weighted by Gasteiger charge is 2.37. The number of nitrogens with zero attached hydrogens (tertiary/aromatic N) is 3. The SMILES string of the molecule is Cc1cc(-c2ccc(-c3ccc(NC4CC(C)(C)NC(C)(C)C4)nn3)c(O)c2)ccn1. The summed E-state index contributed by atoms with van der Waals surface area (Å²) in [5.41, 5.74) is 4.34. The quantitative estimate of drug-likeness (QED) is 0.558. The second-order valence-electron chi connectivity index (χ2n) is 9.86. The molecule has 1 fully saturated rings. The van der Waals surface area contributed by atoms with Crippen molar-refractivity contribution in [1.82, 2.24) is 20.5 Å². The van der Waals surface area contributed by atoms with Gasteiger partial charge in [0.05, 0.1) is 5.69 Å². The van der Waals surface area contributed by atoms with Gasteiger partial charge in [0.2, 0.25) is 0 Å². The number of pyridine rings is 1. The van der Waals surface area contributed by atoms with Crippen molar-refractivity contribution in [2.45, 2.75) is 64.6 Å². The van der Waals surface area contributed by atoms with Gasteiger partial charge in [-0.25, -0.2) is 0 Å². The normalized spacial score (nSPS) is 18.0. The first-order valence-corrected chi connectivity index (χ1v) is 10.8. The number of phenols is 1. The van der Waals surface area contributed by atoms with Gasteiger partial charge in [-0.2, -0.15) is 0 Å². The molecule has 1 aromatic carbocycles. The number of aromatic hydroxyl groups is 1. The highest BCUT2D eigenvalue weighted by Crippen LogP contribution is 2.33. The molecule has 3 aromatic rings. The minimum atomic E-state index is 0.0632. The summed E-state index contributed by atoms with van der Waals surface area (Å²) in [5.74, 6) is 0.939. The Labute approximate surface area is 184 Å². The third-order valence-electron chi connectivity index (χ3n) is 5.71. The van der Waals surface area contributed by atoms with Crippen molar-refractivity contribution >= 4 is 5.82 Å². The first-order valence-electron chi connectivity index (χ1n) is 10.8. The van der Waals surface area contributed by atoms with Crippen LogP contribution in [0.1, 0.15) is 46.2 Å². The first kappa shape index (κ1) is 21.2. The average molecular weight is 418 g/mol. The lowest BCUT2D eigenvalue weighted by atomic mass is 9.79.